The molecule has 4 aromatic carbocycles. The number of imide groups is 3. The van der Waals surface area contributed by atoms with Crippen LogP contribution < -0.4 is 31.9 Å². The average molecular weight is 1060 g/mol. The van der Waals surface area contributed by atoms with E-state index in [1.165, 1.54) is 0 Å². The number of carbonyl (C=O) groups excluding carboxylic acids is 9. The van der Waals surface area contributed by atoms with E-state index in [-0.39, 0.29) is 66.7 Å². The highest BCUT2D eigenvalue weighted by Crippen LogP contribution is 2.11. The van der Waals surface area contributed by atoms with E-state index in [2.05, 4.69) is 31.9 Å². The van der Waals surface area contributed by atoms with Crippen molar-refractivity contribution in [1.82, 2.24) is 46.6 Å². The Bertz CT molecular complexity index is 2480. The molecular weight excluding hydrogens is 979 g/mol. The molecule has 0 aliphatic carbocycles. The van der Waals surface area contributed by atoms with Gasteiger partial charge in [0.25, 0.3) is 0 Å². The third-order valence-electron chi connectivity index (χ3n) is 11.9. The van der Waals surface area contributed by atoms with Crippen LogP contribution in [0, 0.1) is 11.8 Å². The number of rotatable bonds is 23. The minimum atomic E-state index is -0.806. The molecule has 0 unspecified atom stereocenters. The maximum Gasteiger partial charge on any atom is 0.248 e. The molecule has 0 spiro atoms. The Morgan fingerprint density at radius 2 is 0.649 bits per heavy atom. The number of amides is 9. The number of carbonyl (C=O) groups is 9. The van der Waals surface area contributed by atoms with Gasteiger partial charge in [0.05, 0.1) is 37.4 Å². The van der Waals surface area contributed by atoms with Crippen LogP contribution in [-0.2, 0) is 68.8 Å². The fraction of sp³-hybridized carbons (Fsp3) is 0.441. The van der Waals surface area contributed by atoms with Crippen molar-refractivity contribution in [2.45, 2.75) is 117 Å². The zero-order valence-electron chi connectivity index (χ0n) is 47.2. The van der Waals surface area contributed by atoms with Gasteiger partial charge in [-0.2, -0.15) is 0 Å². The molecule has 0 saturated heterocycles. The Balaban J connectivity index is 0.000000397. The molecule has 4 aromatic rings. The molecule has 0 aliphatic heterocycles. The van der Waals surface area contributed by atoms with Gasteiger partial charge in [0.2, 0.25) is 53.2 Å². The lowest BCUT2D eigenvalue weighted by Crippen LogP contribution is -2.53. The van der Waals surface area contributed by atoms with Crippen LogP contribution in [0.25, 0.3) is 0 Å². The summed E-state index contributed by atoms with van der Waals surface area (Å²) < 4.78 is 0. The molecule has 9 amide bonds. The highest BCUT2D eigenvalue weighted by atomic mass is 16.2. The molecule has 0 aromatic heterocycles. The van der Waals surface area contributed by atoms with E-state index < -0.39 is 47.9 Å². The third kappa shape index (κ3) is 25.8. The summed E-state index contributed by atoms with van der Waals surface area (Å²) in [5.74, 6) is -3.00. The molecule has 0 radical (unpaired) electrons. The van der Waals surface area contributed by atoms with Crippen LogP contribution in [0.5, 0.6) is 0 Å². The summed E-state index contributed by atoms with van der Waals surface area (Å²) in [6.45, 7) is 12.6. The Morgan fingerprint density at radius 3 is 0.922 bits per heavy atom. The van der Waals surface area contributed by atoms with E-state index in [4.69, 9.17) is 0 Å². The molecular formula is C59H83N9O9. The number of likely N-dealkylation sites (N-methyl/N-ethyl adjacent to an activating group) is 3. The Hall–Kier alpha value is -7.41. The molecule has 0 heterocycles. The van der Waals surface area contributed by atoms with Crippen molar-refractivity contribution in [3.05, 3.63) is 144 Å². The number of nitrogens with zero attached hydrogens (tertiary/aromatic N) is 3. The van der Waals surface area contributed by atoms with Gasteiger partial charge in [0.1, 0.15) is 18.1 Å². The summed E-state index contributed by atoms with van der Waals surface area (Å²) in [4.78, 5) is 115. The Kier molecular flexibility index (Phi) is 29.3. The number of nitrogens with one attached hydrogen (secondary N) is 6. The quantitative estimate of drug-likeness (QED) is 0.0622. The van der Waals surface area contributed by atoms with Crippen molar-refractivity contribution in [3.8, 4) is 0 Å². The number of benzene rings is 4. The van der Waals surface area contributed by atoms with Gasteiger partial charge in [-0.25, -0.2) is 0 Å². The largest absolute Gasteiger partial charge is 0.344 e. The van der Waals surface area contributed by atoms with Crippen LogP contribution in [0.1, 0.15) is 77.1 Å². The summed E-state index contributed by atoms with van der Waals surface area (Å²) in [7, 11) is 10.8. The van der Waals surface area contributed by atoms with E-state index in [1.54, 1.807) is 63.7 Å². The van der Waals surface area contributed by atoms with Gasteiger partial charge in [-0.15, -0.1) is 0 Å². The molecule has 418 valence electrons. The smallest absolute Gasteiger partial charge is 0.248 e. The molecule has 0 aliphatic rings. The van der Waals surface area contributed by atoms with Crippen LogP contribution in [0.2, 0.25) is 0 Å². The van der Waals surface area contributed by atoms with Crippen LogP contribution in [0.3, 0.4) is 0 Å². The highest BCUT2D eigenvalue weighted by molar-refractivity contribution is 6.02. The Morgan fingerprint density at radius 1 is 0.364 bits per heavy atom. The first kappa shape index (κ1) is 65.7. The van der Waals surface area contributed by atoms with Gasteiger partial charge in [0.15, 0.2) is 0 Å². The predicted molar refractivity (Wildman–Crippen MR) is 300 cm³/mol. The van der Waals surface area contributed by atoms with E-state index in [1.807, 2.05) is 163 Å². The molecule has 6 N–H and O–H groups in total. The van der Waals surface area contributed by atoms with Crippen molar-refractivity contribution < 1.29 is 43.2 Å². The minimum absolute atomic E-state index is 0.0655. The fourth-order valence-electron chi connectivity index (χ4n) is 7.83. The molecule has 0 bridgehead atoms. The first-order chi connectivity index (χ1) is 36.3. The van der Waals surface area contributed by atoms with Gasteiger partial charge in [-0.05, 0) is 110 Å². The van der Waals surface area contributed by atoms with Crippen molar-refractivity contribution in [2.24, 2.45) is 11.8 Å². The molecule has 18 nitrogen and oxygen atoms in total. The zero-order valence-corrected chi connectivity index (χ0v) is 47.2. The normalized spacial score (nSPS) is 13.2. The van der Waals surface area contributed by atoms with Gasteiger partial charge >= 0.3 is 0 Å². The monoisotopic (exact) mass is 1060 g/mol. The minimum Gasteiger partial charge on any atom is -0.344 e. The van der Waals surface area contributed by atoms with E-state index in [9.17, 15) is 43.2 Å². The van der Waals surface area contributed by atoms with Gasteiger partial charge < -0.3 is 16.0 Å². The molecule has 4 rings (SSSR count). The van der Waals surface area contributed by atoms with Crippen molar-refractivity contribution in [2.75, 3.05) is 42.3 Å². The lowest BCUT2D eigenvalue weighted by atomic mass is 10.0. The van der Waals surface area contributed by atoms with E-state index >= 15 is 0 Å². The SMILES string of the molecule is CC(C)C[C@@H](C(=O)NC(=O)[C@H](C)NC(=O)Cc1ccccc1)N(C)C.CC(C)[C@@H](C(=O)NC(=O)[C@H](C)NC(=O)Cc1ccccc1)N(C)C.C[C@H](NC(=O)Cc1ccccc1)C(=O)NC(=O)[C@H](Cc1ccccc1)N(C)C. The summed E-state index contributed by atoms with van der Waals surface area (Å²) in [5.41, 5.74) is 3.60. The molecule has 18 heteroatoms. The lowest BCUT2D eigenvalue weighted by Gasteiger charge is -2.26. The topological polar surface area (TPSA) is 236 Å². The molecule has 6 atom stereocenters. The van der Waals surface area contributed by atoms with Crippen LogP contribution >= 0.6 is 0 Å². The maximum absolute atomic E-state index is 12.6. The fourth-order valence-corrected chi connectivity index (χ4v) is 7.83. The van der Waals surface area contributed by atoms with Gasteiger partial charge in [-0.1, -0.05) is 149 Å². The number of hydrogen-bond donors (Lipinski definition) is 6. The average Bonchev–Trinajstić information content (AvgIpc) is 3.35. The Labute approximate surface area is 455 Å². The van der Waals surface area contributed by atoms with Crippen LogP contribution in [0.4, 0.5) is 0 Å². The molecule has 0 fully saturated rings. The summed E-state index contributed by atoms with van der Waals surface area (Å²) >= 11 is 0. The first-order valence-corrected chi connectivity index (χ1v) is 25.9. The zero-order chi connectivity index (χ0) is 57.8. The highest BCUT2D eigenvalue weighted by Gasteiger charge is 2.29. The second kappa shape index (κ2) is 34.3. The van der Waals surface area contributed by atoms with E-state index in [0.29, 0.717) is 18.8 Å². The molecule has 0 saturated carbocycles. The summed E-state index contributed by atoms with van der Waals surface area (Å²) in [5, 5.41) is 15.1. The van der Waals surface area contributed by atoms with Crippen molar-refractivity contribution in [1.29, 1.82) is 0 Å². The second-order valence-corrected chi connectivity index (χ2v) is 20.3. The first-order valence-electron chi connectivity index (χ1n) is 25.9. The predicted octanol–water partition coefficient (Wildman–Crippen LogP) is 3.87. The summed E-state index contributed by atoms with van der Waals surface area (Å²) in [6, 6.07) is 33.8. The third-order valence-corrected chi connectivity index (χ3v) is 11.9. The van der Waals surface area contributed by atoms with Crippen molar-refractivity contribution in [3.63, 3.8) is 0 Å². The van der Waals surface area contributed by atoms with Gasteiger partial charge in [-0.3, -0.25) is 73.8 Å². The van der Waals surface area contributed by atoms with Crippen molar-refractivity contribution >= 4 is 53.2 Å². The molecule has 77 heavy (non-hydrogen) atoms. The second-order valence-electron chi connectivity index (χ2n) is 20.3. The van der Waals surface area contributed by atoms with Crippen LogP contribution in [-0.4, -0.2) is 146 Å². The van der Waals surface area contributed by atoms with E-state index in [0.717, 1.165) is 22.3 Å². The maximum atomic E-state index is 12.6. The lowest BCUT2D eigenvalue weighted by molar-refractivity contribution is -0.137. The standard InChI is InChI=1S/C22H27N3O3.C19H29N3O3.C18H27N3O3/c1-16(23-20(26)15-18-12-8-5-9-13-18)21(27)24-22(28)19(25(2)3)14-17-10-6-4-7-11-17;1-13(2)11-16(22(4)5)19(25)21-18(24)14(3)20-17(23)12-15-9-7-6-8-10-15;1-12(2)16(21(4)5)18(24)20-17(23)13(3)19-15(22)11-14-9-7-6-8-10-14/h4-13,16,19H,14-15H2,1-3H3,(H,23,26)(H,24,27,28);6-10,13-14,16H,11-12H2,1-5H3,(H,20,23)(H,21,24,25);6-10,12-13,16H,11H2,1-5H3,(H,19,22)(H,20,23,24)/t16-,19-;14-,16-;13-,16-/m000/s1. The summed E-state index contributed by atoms with van der Waals surface area (Å²) in [6.07, 6.45) is 1.71. The number of hydrogen-bond acceptors (Lipinski definition) is 12. The van der Waals surface area contributed by atoms with Gasteiger partial charge in [0, 0.05) is 0 Å². The van der Waals surface area contributed by atoms with Crippen LogP contribution in [0.15, 0.2) is 121 Å².